The largest absolute Gasteiger partial charge is 0.484 e. The highest BCUT2D eigenvalue weighted by Gasteiger charge is 2.59. The van der Waals surface area contributed by atoms with Crippen LogP contribution in [0.2, 0.25) is 0 Å². The summed E-state index contributed by atoms with van der Waals surface area (Å²) in [7, 11) is 0. The third-order valence-corrected chi connectivity index (χ3v) is 5.79. The summed E-state index contributed by atoms with van der Waals surface area (Å²) in [5.41, 5.74) is 6.43. The van der Waals surface area contributed by atoms with Gasteiger partial charge in [0.25, 0.3) is 5.91 Å². The normalized spacial score (nSPS) is 22.9. The van der Waals surface area contributed by atoms with Gasteiger partial charge in [-0.25, -0.2) is 4.99 Å². The minimum Gasteiger partial charge on any atom is -0.484 e. The number of primary amides is 1. The predicted octanol–water partition coefficient (Wildman–Crippen LogP) is 1.95. The molecule has 2 unspecified atom stereocenters. The summed E-state index contributed by atoms with van der Waals surface area (Å²) >= 11 is 0. The zero-order valence-electron chi connectivity index (χ0n) is 16.9. The molecule has 154 valence electrons. The second-order valence-corrected chi connectivity index (χ2v) is 7.56. The Morgan fingerprint density at radius 2 is 2.18 bits per heavy atom. The monoisotopic (exact) mass is 388 g/mol. The molecule has 2 atom stereocenters. The van der Waals surface area contributed by atoms with E-state index in [1.807, 2.05) is 24.3 Å². The number of hydrogen-bond acceptors (Lipinski definition) is 4. The van der Waals surface area contributed by atoms with Crippen molar-refractivity contribution in [2.75, 3.05) is 19.8 Å². The fourth-order valence-corrected chi connectivity index (χ4v) is 4.18. The summed E-state index contributed by atoms with van der Waals surface area (Å²) < 4.78 is 11.3. The van der Waals surface area contributed by atoms with Crippen LogP contribution in [0.1, 0.15) is 45.1 Å². The Labute approximate surface area is 167 Å². The SMILES string of the molecule is CCNC(=NCc1cccc(OCC(N)=O)c1)NC1CC(OCC)C12CCC2. The first-order valence-corrected chi connectivity index (χ1v) is 10.2. The third-order valence-electron chi connectivity index (χ3n) is 5.79. The Kier molecular flexibility index (Phi) is 6.78. The van der Waals surface area contributed by atoms with E-state index < -0.39 is 5.91 Å². The lowest BCUT2D eigenvalue weighted by atomic mass is 9.51. The molecule has 0 radical (unpaired) electrons. The molecule has 0 aromatic heterocycles. The average molecular weight is 389 g/mol. The van der Waals surface area contributed by atoms with E-state index in [4.69, 9.17) is 20.2 Å². The number of nitrogens with one attached hydrogen (secondary N) is 2. The molecule has 1 amide bonds. The van der Waals surface area contributed by atoms with Crippen LogP contribution in [0.25, 0.3) is 0 Å². The lowest BCUT2D eigenvalue weighted by molar-refractivity contribution is -0.168. The summed E-state index contributed by atoms with van der Waals surface area (Å²) in [5, 5.41) is 6.97. The first-order valence-electron chi connectivity index (χ1n) is 10.2. The molecular weight excluding hydrogens is 356 g/mol. The van der Waals surface area contributed by atoms with Gasteiger partial charge >= 0.3 is 0 Å². The molecule has 7 heteroatoms. The first kappa shape index (κ1) is 20.5. The zero-order chi connectivity index (χ0) is 20.0. The number of hydrogen-bond donors (Lipinski definition) is 3. The van der Waals surface area contributed by atoms with Gasteiger partial charge in [-0.05, 0) is 50.8 Å². The predicted molar refractivity (Wildman–Crippen MR) is 109 cm³/mol. The summed E-state index contributed by atoms with van der Waals surface area (Å²) in [6.45, 7) is 6.13. The van der Waals surface area contributed by atoms with Gasteiger partial charge in [0.2, 0.25) is 0 Å². The molecular formula is C21H32N4O3. The minimum atomic E-state index is -0.488. The fraction of sp³-hybridized carbons (Fsp3) is 0.619. The fourth-order valence-electron chi connectivity index (χ4n) is 4.18. The van der Waals surface area contributed by atoms with E-state index in [9.17, 15) is 4.79 Å². The summed E-state index contributed by atoms with van der Waals surface area (Å²) in [4.78, 5) is 15.6. The molecule has 28 heavy (non-hydrogen) atoms. The number of guanidine groups is 1. The van der Waals surface area contributed by atoms with Crippen molar-refractivity contribution < 1.29 is 14.3 Å². The lowest BCUT2D eigenvalue weighted by Crippen LogP contribution is -2.68. The third kappa shape index (κ3) is 4.58. The molecule has 7 nitrogen and oxygen atoms in total. The molecule has 2 saturated carbocycles. The molecule has 1 spiro atoms. The van der Waals surface area contributed by atoms with Crippen molar-refractivity contribution in [1.29, 1.82) is 0 Å². The van der Waals surface area contributed by atoms with Crippen molar-refractivity contribution in [3.8, 4) is 5.75 Å². The summed E-state index contributed by atoms with van der Waals surface area (Å²) in [6, 6.07) is 8.00. The average Bonchev–Trinajstić information content (AvgIpc) is 2.62. The van der Waals surface area contributed by atoms with Gasteiger partial charge in [0.15, 0.2) is 12.6 Å². The van der Waals surface area contributed by atoms with E-state index >= 15 is 0 Å². The Morgan fingerprint density at radius 1 is 1.36 bits per heavy atom. The molecule has 2 aliphatic rings. The molecule has 2 aliphatic carbocycles. The Bertz CT molecular complexity index is 703. The van der Waals surface area contributed by atoms with Crippen LogP contribution >= 0.6 is 0 Å². The maximum absolute atomic E-state index is 10.9. The number of aliphatic imine (C=N–C) groups is 1. The quantitative estimate of drug-likeness (QED) is 0.444. The topological polar surface area (TPSA) is 98.0 Å². The van der Waals surface area contributed by atoms with Crippen LogP contribution in [-0.4, -0.2) is 43.8 Å². The second-order valence-electron chi connectivity index (χ2n) is 7.56. The van der Waals surface area contributed by atoms with Gasteiger partial charge in [-0.15, -0.1) is 0 Å². The smallest absolute Gasteiger partial charge is 0.255 e. The van der Waals surface area contributed by atoms with Crippen molar-refractivity contribution in [2.45, 2.75) is 58.2 Å². The van der Waals surface area contributed by atoms with Crippen molar-refractivity contribution in [3.05, 3.63) is 29.8 Å². The van der Waals surface area contributed by atoms with Crippen LogP contribution in [0.4, 0.5) is 0 Å². The maximum Gasteiger partial charge on any atom is 0.255 e. The second kappa shape index (κ2) is 9.28. The van der Waals surface area contributed by atoms with Crippen LogP contribution in [-0.2, 0) is 16.1 Å². The van der Waals surface area contributed by atoms with Gasteiger partial charge in [-0.1, -0.05) is 18.6 Å². The van der Waals surface area contributed by atoms with Crippen molar-refractivity contribution in [3.63, 3.8) is 0 Å². The zero-order valence-corrected chi connectivity index (χ0v) is 16.9. The van der Waals surface area contributed by atoms with E-state index in [1.54, 1.807) is 0 Å². The van der Waals surface area contributed by atoms with Crippen LogP contribution in [0.15, 0.2) is 29.3 Å². The Hall–Kier alpha value is -2.28. The van der Waals surface area contributed by atoms with E-state index in [1.165, 1.54) is 19.3 Å². The maximum atomic E-state index is 10.9. The van der Waals surface area contributed by atoms with Crippen molar-refractivity contribution in [1.82, 2.24) is 10.6 Å². The van der Waals surface area contributed by atoms with Crippen LogP contribution in [0, 0.1) is 5.41 Å². The number of rotatable bonds is 9. The highest BCUT2D eigenvalue weighted by atomic mass is 16.5. The number of carbonyl (C=O) groups excluding carboxylic acids is 1. The van der Waals surface area contributed by atoms with Crippen molar-refractivity contribution in [2.24, 2.45) is 16.1 Å². The van der Waals surface area contributed by atoms with Gasteiger partial charge in [0.1, 0.15) is 5.75 Å². The number of amides is 1. The van der Waals surface area contributed by atoms with Crippen LogP contribution in [0.5, 0.6) is 5.75 Å². The molecule has 0 bridgehead atoms. The van der Waals surface area contributed by atoms with Gasteiger partial charge < -0.3 is 25.8 Å². The molecule has 0 aliphatic heterocycles. The van der Waals surface area contributed by atoms with Gasteiger partial charge in [0, 0.05) is 24.6 Å². The Morgan fingerprint density at radius 3 is 2.82 bits per heavy atom. The van der Waals surface area contributed by atoms with Crippen LogP contribution in [0.3, 0.4) is 0 Å². The highest BCUT2D eigenvalue weighted by Crippen LogP contribution is 2.57. The van der Waals surface area contributed by atoms with E-state index in [-0.39, 0.29) is 12.0 Å². The Balaban J connectivity index is 1.60. The number of nitrogens with two attached hydrogens (primary N) is 1. The van der Waals surface area contributed by atoms with Crippen LogP contribution < -0.4 is 21.1 Å². The molecule has 0 heterocycles. The van der Waals surface area contributed by atoms with Gasteiger partial charge in [0.05, 0.1) is 12.6 Å². The molecule has 2 fully saturated rings. The summed E-state index contributed by atoms with van der Waals surface area (Å²) in [5.74, 6) is 0.964. The number of nitrogens with zero attached hydrogens (tertiary/aromatic N) is 1. The first-order chi connectivity index (χ1) is 13.6. The van der Waals surface area contributed by atoms with E-state index in [2.05, 4.69) is 24.5 Å². The number of ether oxygens (including phenoxy) is 2. The molecule has 3 rings (SSSR count). The molecule has 0 saturated heterocycles. The van der Waals surface area contributed by atoms with E-state index in [0.29, 0.717) is 24.4 Å². The standard InChI is InChI=1S/C21H32N4O3/c1-3-23-20(25-17-12-18(27-4-2)21(17)9-6-10-21)24-13-15-7-5-8-16(11-15)28-14-19(22)26/h5,7-8,11,17-18H,3-4,6,9-10,12-14H2,1-2H3,(H2,22,26)(H2,23,24,25). The molecule has 4 N–H and O–H groups in total. The van der Waals surface area contributed by atoms with Gasteiger partial charge in [-0.3, -0.25) is 4.79 Å². The summed E-state index contributed by atoms with van der Waals surface area (Å²) in [6.07, 6.45) is 5.16. The number of carbonyl (C=O) groups is 1. The molecule has 1 aromatic carbocycles. The minimum absolute atomic E-state index is 0.123. The number of benzene rings is 1. The molecule has 1 aromatic rings. The highest BCUT2D eigenvalue weighted by molar-refractivity contribution is 5.80. The van der Waals surface area contributed by atoms with E-state index in [0.717, 1.165) is 31.1 Å². The lowest BCUT2D eigenvalue weighted by Gasteiger charge is -2.61. The van der Waals surface area contributed by atoms with Gasteiger partial charge in [-0.2, -0.15) is 0 Å². The van der Waals surface area contributed by atoms with Crippen molar-refractivity contribution >= 4 is 11.9 Å².